The van der Waals surface area contributed by atoms with Crippen molar-refractivity contribution < 1.29 is 23.6 Å². The average Bonchev–Trinajstić information content (AvgIpc) is 3.55. The molecule has 198 valence electrons. The molecule has 0 amide bonds. The molecule has 2 aromatic carbocycles. The fourth-order valence-corrected chi connectivity index (χ4v) is 5.08. The molecule has 0 N–H and O–H groups in total. The second kappa shape index (κ2) is 10.5. The van der Waals surface area contributed by atoms with Gasteiger partial charge < -0.3 is 33.6 Å². The van der Waals surface area contributed by atoms with E-state index in [-0.39, 0.29) is 24.0 Å². The minimum atomic E-state index is -0.517. The predicted octanol–water partition coefficient (Wildman–Crippen LogP) is 5.61. The topological polar surface area (TPSA) is 105 Å². The van der Waals surface area contributed by atoms with Crippen LogP contribution in [0.3, 0.4) is 0 Å². The number of nitrogens with zero attached hydrogens (tertiary/aromatic N) is 4. The van der Waals surface area contributed by atoms with Crippen molar-refractivity contribution in [3.8, 4) is 11.8 Å². The number of aromatic nitrogens is 2. The molecule has 10 nitrogen and oxygen atoms in total. The SMILES string of the molecule is O=[N+]([O-])c1cn2c(n1)OC(COc1ccc(N3CCC(OCc4cc5cc(Cl)ccc5o4)CC3)cc1)CC2. The van der Waals surface area contributed by atoms with Gasteiger partial charge in [-0.05, 0) is 66.3 Å². The molecular formula is C27H27ClN4O6. The molecular weight excluding hydrogens is 512 g/mol. The van der Waals surface area contributed by atoms with E-state index in [0.717, 1.165) is 54.1 Å². The summed E-state index contributed by atoms with van der Waals surface area (Å²) in [5.41, 5.74) is 1.97. The van der Waals surface area contributed by atoms with E-state index in [4.69, 9.17) is 30.2 Å². The van der Waals surface area contributed by atoms with E-state index in [1.165, 1.54) is 6.20 Å². The fourth-order valence-electron chi connectivity index (χ4n) is 4.90. The Hall–Kier alpha value is -3.76. The van der Waals surface area contributed by atoms with E-state index >= 15 is 0 Å². The normalized spacial score (nSPS) is 17.8. The largest absolute Gasteiger partial charge is 0.490 e. The highest BCUT2D eigenvalue weighted by molar-refractivity contribution is 6.31. The van der Waals surface area contributed by atoms with Gasteiger partial charge in [0.1, 0.15) is 42.6 Å². The summed E-state index contributed by atoms with van der Waals surface area (Å²) in [6.07, 6.45) is 3.96. The first kappa shape index (κ1) is 24.6. The van der Waals surface area contributed by atoms with Gasteiger partial charge >= 0.3 is 11.8 Å². The molecule has 38 heavy (non-hydrogen) atoms. The van der Waals surface area contributed by atoms with E-state index in [1.807, 2.05) is 36.4 Å². The van der Waals surface area contributed by atoms with Gasteiger partial charge in [0, 0.05) is 47.1 Å². The number of imidazole rings is 1. The van der Waals surface area contributed by atoms with Crippen molar-refractivity contribution in [2.75, 3.05) is 24.6 Å². The van der Waals surface area contributed by atoms with Crippen LogP contribution in [-0.4, -0.2) is 46.4 Å². The van der Waals surface area contributed by atoms with Crippen LogP contribution >= 0.6 is 11.6 Å². The van der Waals surface area contributed by atoms with E-state index in [9.17, 15) is 10.1 Å². The molecule has 0 bridgehead atoms. The number of nitro groups is 1. The number of furan rings is 1. The summed E-state index contributed by atoms with van der Waals surface area (Å²) in [5, 5.41) is 12.6. The second-order valence-electron chi connectivity index (χ2n) is 9.56. The minimum absolute atomic E-state index is 0.193. The third-order valence-electron chi connectivity index (χ3n) is 6.95. The lowest BCUT2D eigenvalue weighted by Crippen LogP contribution is -2.36. The number of hydrogen-bond donors (Lipinski definition) is 0. The molecule has 4 aromatic rings. The number of hydrogen-bond acceptors (Lipinski definition) is 8. The Morgan fingerprint density at radius 1 is 1.08 bits per heavy atom. The lowest BCUT2D eigenvalue weighted by atomic mass is 10.1. The highest BCUT2D eigenvalue weighted by atomic mass is 35.5. The Kier molecular flexibility index (Phi) is 6.82. The third kappa shape index (κ3) is 5.41. The Labute approximate surface area is 223 Å². The van der Waals surface area contributed by atoms with Gasteiger partial charge in [-0.15, -0.1) is 0 Å². The fraction of sp³-hybridized carbons (Fsp3) is 0.370. The third-order valence-corrected chi connectivity index (χ3v) is 7.18. The van der Waals surface area contributed by atoms with Crippen molar-refractivity contribution in [3.63, 3.8) is 0 Å². The Bertz CT molecular complexity index is 1430. The van der Waals surface area contributed by atoms with Gasteiger partial charge in [-0.1, -0.05) is 11.6 Å². The van der Waals surface area contributed by atoms with Crippen LogP contribution < -0.4 is 14.4 Å². The van der Waals surface area contributed by atoms with Crippen LogP contribution in [0, 0.1) is 10.1 Å². The van der Waals surface area contributed by atoms with Crippen LogP contribution in [0.1, 0.15) is 25.0 Å². The molecule has 2 aromatic heterocycles. The number of fused-ring (bicyclic) bond motifs is 2. The molecule has 0 spiro atoms. The van der Waals surface area contributed by atoms with E-state index in [0.29, 0.717) is 31.2 Å². The second-order valence-corrected chi connectivity index (χ2v) is 9.99. The molecule has 4 heterocycles. The van der Waals surface area contributed by atoms with Crippen molar-refractivity contribution in [3.05, 3.63) is 75.6 Å². The smallest absolute Gasteiger partial charge is 0.414 e. The average molecular weight is 539 g/mol. The molecule has 11 heteroatoms. The van der Waals surface area contributed by atoms with Crippen LogP contribution in [0.4, 0.5) is 11.5 Å². The lowest BCUT2D eigenvalue weighted by molar-refractivity contribution is -0.389. The molecule has 2 aliphatic rings. The van der Waals surface area contributed by atoms with Gasteiger partial charge in [0.2, 0.25) is 0 Å². The van der Waals surface area contributed by atoms with Gasteiger partial charge in [-0.25, -0.2) is 0 Å². The van der Waals surface area contributed by atoms with Crippen molar-refractivity contribution in [2.24, 2.45) is 0 Å². The monoisotopic (exact) mass is 538 g/mol. The molecule has 1 unspecified atom stereocenters. The maximum absolute atomic E-state index is 10.9. The number of ether oxygens (including phenoxy) is 3. The maximum atomic E-state index is 10.9. The Morgan fingerprint density at radius 2 is 1.89 bits per heavy atom. The van der Waals surface area contributed by atoms with Crippen molar-refractivity contribution in [1.29, 1.82) is 0 Å². The summed E-state index contributed by atoms with van der Waals surface area (Å²) in [5.74, 6) is 1.36. The highest BCUT2D eigenvalue weighted by Gasteiger charge is 2.28. The molecule has 0 saturated carbocycles. The highest BCUT2D eigenvalue weighted by Crippen LogP contribution is 2.28. The zero-order chi connectivity index (χ0) is 26.1. The molecule has 2 aliphatic heterocycles. The summed E-state index contributed by atoms with van der Waals surface area (Å²) in [6, 6.07) is 15.9. The summed E-state index contributed by atoms with van der Waals surface area (Å²) in [7, 11) is 0. The first-order valence-corrected chi connectivity index (χ1v) is 13.0. The summed E-state index contributed by atoms with van der Waals surface area (Å²) in [6.45, 7) is 3.23. The zero-order valence-electron chi connectivity index (χ0n) is 20.6. The quantitative estimate of drug-likeness (QED) is 0.211. The van der Waals surface area contributed by atoms with Crippen LogP contribution in [0.5, 0.6) is 11.8 Å². The van der Waals surface area contributed by atoms with E-state index in [1.54, 1.807) is 4.57 Å². The summed E-state index contributed by atoms with van der Waals surface area (Å²) >= 11 is 6.06. The summed E-state index contributed by atoms with van der Waals surface area (Å²) in [4.78, 5) is 16.7. The van der Waals surface area contributed by atoms with Crippen LogP contribution in [-0.2, 0) is 17.9 Å². The molecule has 1 atom stereocenters. The Morgan fingerprint density at radius 3 is 2.68 bits per heavy atom. The van der Waals surface area contributed by atoms with E-state index in [2.05, 4.69) is 22.0 Å². The molecule has 0 aliphatic carbocycles. The molecule has 0 radical (unpaired) electrons. The number of aryl methyl sites for hydroxylation is 1. The standard InChI is InChI=1S/C27H27ClN4O6/c28-19-1-6-25-18(13-19)14-24(37-25)17-36-22-7-10-30(11-8-22)20-2-4-21(5-3-20)35-16-23-9-12-31-15-26(32(33)34)29-27(31)38-23/h1-6,13-15,22-23H,7-12,16-17H2. The number of benzene rings is 2. The number of halogens is 1. The van der Waals surface area contributed by atoms with Gasteiger partial charge in [0.15, 0.2) is 0 Å². The molecule has 1 saturated heterocycles. The van der Waals surface area contributed by atoms with Crippen molar-refractivity contribution in [1.82, 2.24) is 9.55 Å². The van der Waals surface area contributed by atoms with Crippen LogP contribution in [0.2, 0.25) is 5.02 Å². The molecule has 6 rings (SSSR count). The van der Waals surface area contributed by atoms with Crippen LogP contribution in [0.25, 0.3) is 11.0 Å². The van der Waals surface area contributed by atoms with Gasteiger partial charge in [0.25, 0.3) is 0 Å². The summed E-state index contributed by atoms with van der Waals surface area (Å²) < 4.78 is 25.3. The first-order valence-electron chi connectivity index (χ1n) is 12.7. The van der Waals surface area contributed by atoms with E-state index < -0.39 is 4.92 Å². The van der Waals surface area contributed by atoms with Crippen LogP contribution in [0.15, 0.2) is 59.1 Å². The molecule has 1 fully saturated rings. The lowest BCUT2D eigenvalue weighted by Gasteiger charge is -2.33. The first-order chi connectivity index (χ1) is 18.5. The number of anilines is 1. The van der Waals surface area contributed by atoms with Gasteiger partial charge in [-0.2, -0.15) is 0 Å². The number of rotatable bonds is 8. The van der Waals surface area contributed by atoms with Crippen molar-refractivity contribution >= 4 is 34.1 Å². The zero-order valence-corrected chi connectivity index (χ0v) is 21.4. The Balaban J connectivity index is 0.951. The minimum Gasteiger partial charge on any atom is -0.490 e. The predicted molar refractivity (Wildman–Crippen MR) is 141 cm³/mol. The van der Waals surface area contributed by atoms with Crippen molar-refractivity contribution in [2.45, 2.75) is 44.6 Å². The van der Waals surface area contributed by atoms with Gasteiger partial charge in [-0.3, -0.25) is 4.57 Å². The number of piperidine rings is 1. The maximum Gasteiger partial charge on any atom is 0.414 e. The van der Waals surface area contributed by atoms with Gasteiger partial charge in [0.05, 0.1) is 6.10 Å².